The van der Waals surface area contributed by atoms with Crippen LogP contribution in [0.1, 0.15) is 5.56 Å². The molecule has 0 spiro atoms. The topological polar surface area (TPSA) is 106 Å². The molecule has 0 saturated carbocycles. The number of tetrazole rings is 1. The van der Waals surface area contributed by atoms with Gasteiger partial charge in [-0.2, -0.15) is 5.26 Å². The van der Waals surface area contributed by atoms with E-state index in [9.17, 15) is 0 Å². The molecule has 0 aliphatic heterocycles. The lowest BCUT2D eigenvalue weighted by Gasteiger charge is -2.02. The predicted octanol–water partition coefficient (Wildman–Crippen LogP) is 0.210. The maximum atomic E-state index is 8.66. The Bertz CT molecular complexity index is 556. The van der Waals surface area contributed by atoms with Crippen LogP contribution in [0.4, 0.5) is 5.69 Å². The molecule has 16 heavy (non-hydrogen) atoms. The van der Waals surface area contributed by atoms with E-state index in [1.807, 2.05) is 6.07 Å². The van der Waals surface area contributed by atoms with E-state index < -0.39 is 0 Å². The molecular formula is C8H7N7S. The third-order valence-electron chi connectivity index (χ3n) is 1.78. The van der Waals surface area contributed by atoms with Crippen LogP contribution in [-0.4, -0.2) is 25.2 Å². The Labute approximate surface area is 95.3 Å². The summed E-state index contributed by atoms with van der Waals surface area (Å²) in [6.07, 6.45) is 1.46. The van der Waals surface area contributed by atoms with Crippen molar-refractivity contribution in [2.24, 2.45) is 7.05 Å². The van der Waals surface area contributed by atoms with Gasteiger partial charge in [0.15, 0.2) is 0 Å². The molecule has 0 atom stereocenters. The van der Waals surface area contributed by atoms with E-state index in [0.717, 1.165) is 0 Å². The number of hydrogen-bond donors (Lipinski definition) is 1. The molecule has 0 bridgehead atoms. The second kappa shape index (κ2) is 4.16. The lowest BCUT2D eigenvalue weighted by molar-refractivity contribution is 0.664. The van der Waals surface area contributed by atoms with E-state index in [1.165, 1.54) is 22.6 Å². The van der Waals surface area contributed by atoms with Crippen molar-refractivity contribution in [3.8, 4) is 6.07 Å². The molecule has 8 heteroatoms. The van der Waals surface area contributed by atoms with Crippen LogP contribution >= 0.6 is 11.8 Å². The quantitative estimate of drug-likeness (QED) is 0.790. The standard InChI is InChI=1S/C8H7N7S/c1-15-8(12-13-14-15)16-7-6(10)2-5(3-9)4-11-7/h2,4H,10H2,1H3. The van der Waals surface area contributed by atoms with E-state index in [2.05, 4.69) is 20.5 Å². The number of hydrogen-bond acceptors (Lipinski definition) is 7. The number of nitrogens with two attached hydrogens (primary N) is 1. The summed E-state index contributed by atoms with van der Waals surface area (Å²) in [7, 11) is 1.72. The molecule has 0 unspecified atom stereocenters. The van der Waals surface area contributed by atoms with Crippen molar-refractivity contribution in [2.75, 3.05) is 5.73 Å². The second-order valence-electron chi connectivity index (χ2n) is 2.92. The van der Waals surface area contributed by atoms with Gasteiger partial charge in [-0.3, -0.25) is 0 Å². The van der Waals surface area contributed by atoms with Gasteiger partial charge in [-0.05, 0) is 28.3 Å². The monoisotopic (exact) mass is 233 g/mol. The van der Waals surface area contributed by atoms with Gasteiger partial charge in [0.1, 0.15) is 11.1 Å². The van der Waals surface area contributed by atoms with E-state index >= 15 is 0 Å². The lowest BCUT2D eigenvalue weighted by Crippen LogP contribution is -1.96. The molecule has 0 aliphatic rings. The molecule has 2 heterocycles. The van der Waals surface area contributed by atoms with Crippen molar-refractivity contribution in [3.05, 3.63) is 17.8 Å². The molecule has 7 nitrogen and oxygen atoms in total. The van der Waals surface area contributed by atoms with Crippen molar-refractivity contribution >= 4 is 17.4 Å². The fourth-order valence-electron chi connectivity index (χ4n) is 1.01. The van der Waals surface area contributed by atoms with Gasteiger partial charge >= 0.3 is 0 Å². The van der Waals surface area contributed by atoms with Crippen molar-refractivity contribution in [3.63, 3.8) is 0 Å². The maximum absolute atomic E-state index is 8.66. The normalized spacial score (nSPS) is 10.0. The van der Waals surface area contributed by atoms with Gasteiger partial charge < -0.3 is 5.73 Å². The zero-order chi connectivity index (χ0) is 11.5. The Hall–Kier alpha value is -2.14. The molecule has 2 aromatic heterocycles. The number of pyridine rings is 1. The van der Waals surface area contributed by atoms with Gasteiger partial charge in [-0.15, -0.1) is 5.10 Å². The highest BCUT2D eigenvalue weighted by molar-refractivity contribution is 7.99. The summed E-state index contributed by atoms with van der Waals surface area (Å²) in [6, 6.07) is 3.54. The van der Waals surface area contributed by atoms with Crippen LogP contribution < -0.4 is 5.73 Å². The first kappa shape index (κ1) is 10.4. The average molecular weight is 233 g/mol. The van der Waals surface area contributed by atoms with Crippen LogP contribution in [0.25, 0.3) is 0 Å². The highest BCUT2D eigenvalue weighted by Gasteiger charge is 2.09. The smallest absolute Gasteiger partial charge is 0.215 e. The first-order chi connectivity index (χ1) is 7.70. The van der Waals surface area contributed by atoms with Crippen LogP contribution in [0.5, 0.6) is 0 Å². The number of nitrogens with zero attached hydrogens (tertiary/aromatic N) is 6. The maximum Gasteiger partial charge on any atom is 0.215 e. The summed E-state index contributed by atoms with van der Waals surface area (Å²) in [4.78, 5) is 4.07. The molecule has 80 valence electrons. The SMILES string of the molecule is Cn1nnnc1Sc1ncc(C#N)cc1N. The first-order valence-electron chi connectivity index (χ1n) is 4.26. The first-order valence-corrected chi connectivity index (χ1v) is 5.08. The second-order valence-corrected chi connectivity index (χ2v) is 3.87. The summed E-state index contributed by atoms with van der Waals surface area (Å²) in [5.74, 6) is 0. The van der Waals surface area contributed by atoms with Crippen LogP contribution in [0.15, 0.2) is 22.4 Å². The Morgan fingerprint density at radius 1 is 1.56 bits per heavy atom. The Morgan fingerprint density at radius 2 is 2.38 bits per heavy atom. The van der Waals surface area contributed by atoms with Gasteiger partial charge in [0.2, 0.25) is 5.16 Å². The van der Waals surface area contributed by atoms with E-state index in [0.29, 0.717) is 21.4 Å². The fourth-order valence-corrected chi connectivity index (χ4v) is 1.71. The molecule has 0 fully saturated rings. The van der Waals surface area contributed by atoms with Crippen LogP contribution in [0.3, 0.4) is 0 Å². The Morgan fingerprint density at radius 3 is 2.94 bits per heavy atom. The van der Waals surface area contributed by atoms with Crippen molar-refractivity contribution in [1.82, 2.24) is 25.2 Å². The molecule has 0 aliphatic carbocycles. The van der Waals surface area contributed by atoms with E-state index in [1.54, 1.807) is 13.1 Å². The van der Waals surface area contributed by atoms with E-state index in [4.69, 9.17) is 11.0 Å². The molecule has 0 radical (unpaired) electrons. The number of nitriles is 1. The molecular weight excluding hydrogens is 226 g/mol. The predicted molar refractivity (Wildman–Crippen MR) is 56.3 cm³/mol. The van der Waals surface area contributed by atoms with E-state index in [-0.39, 0.29) is 0 Å². The minimum atomic E-state index is 0.429. The zero-order valence-corrected chi connectivity index (χ0v) is 9.14. The van der Waals surface area contributed by atoms with Gasteiger partial charge in [0.25, 0.3) is 0 Å². The largest absolute Gasteiger partial charge is 0.396 e. The Kier molecular flexibility index (Phi) is 2.70. The fraction of sp³-hybridized carbons (Fsp3) is 0.125. The van der Waals surface area contributed by atoms with Gasteiger partial charge in [-0.25, -0.2) is 9.67 Å². The van der Waals surface area contributed by atoms with Crippen molar-refractivity contribution < 1.29 is 0 Å². The number of aromatic nitrogens is 5. The summed E-state index contributed by atoms with van der Waals surface area (Å²) < 4.78 is 1.52. The number of anilines is 1. The summed E-state index contributed by atoms with van der Waals surface area (Å²) in [6.45, 7) is 0. The van der Waals surface area contributed by atoms with Crippen molar-refractivity contribution in [2.45, 2.75) is 10.2 Å². The summed E-state index contributed by atoms with van der Waals surface area (Å²) in [5.41, 5.74) is 6.62. The number of aryl methyl sites for hydroxylation is 1. The van der Waals surface area contributed by atoms with Crippen LogP contribution in [0, 0.1) is 11.3 Å². The molecule has 0 amide bonds. The number of rotatable bonds is 2. The molecule has 2 rings (SSSR count). The highest BCUT2D eigenvalue weighted by Crippen LogP contribution is 2.27. The molecule has 2 N–H and O–H groups in total. The average Bonchev–Trinajstić information content (AvgIpc) is 2.67. The lowest BCUT2D eigenvalue weighted by atomic mass is 10.3. The minimum Gasteiger partial charge on any atom is -0.396 e. The third kappa shape index (κ3) is 1.94. The summed E-state index contributed by atoms with van der Waals surface area (Å²) in [5, 5.41) is 20.8. The number of nitrogen functional groups attached to an aromatic ring is 1. The summed E-state index contributed by atoms with van der Waals surface area (Å²) >= 11 is 1.25. The van der Waals surface area contributed by atoms with Crippen LogP contribution in [0.2, 0.25) is 0 Å². The minimum absolute atomic E-state index is 0.429. The Balaban J connectivity index is 2.30. The molecule has 0 saturated heterocycles. The zero-order valence-electron chi connectivity index (χ0n) is 8.32. The van der Waals surface area contributed by atoms with Gasteiger partial charge in [-0.1, -0.05) is 0 Å². The molecule has 0 aromatic carbocycles. The van der Waals surface area contributed by atoms with Gasteiger partial charge in [0, 0.05) is 13.2 Å². The van der Waals surface area contributed by atoms with Crippen LogP contribution in [-0.2, 0) is 7.05 Å². The van der Waals surface area contributed by atoms with Crippen molar-refractivity contribution in [1.29, 1.82) is 5.26 Å². The highest BCUT2D eigenvalue weighted by atomic mass is 32.2. The third-order valence-corrected chi connectivity index (χ3v) is 2.84. The molecule has 2 aromatic rings. The van der Waals surface area contributed by atoms with Gasteiger partial charge in [0.05, 0.1) is 11.3 Å².